The standard InChI is InChI=1S/C23H21F3N4O2/c1-28-21(31)15-11-18(14-4-6-16(7-5-14)23(24,25)26)17-8-10-30(20(17)12-15)22(32)19-3-2-9-29(19)13-27/h4-7,11-12,19H,2-3,8-10H2,1H3,(H,28,31)/t19-/m0/s1. The van der Waals surface area contributed by atoms with Crippen LogP contribution in [0.15, 0.2) is 36.4 Å². The van der Waals surface area contributed by atoms with E-state index in [2.05, 4.69) is 11.5 Å². The van der Waals surface area contributed by atoms with Crippen LogP contribution in [-0.4, -0.2) is 42.9 Å². The lowest BCUT2D eigenvalue weighted by Crippen LogP contribution is -2.43. The third kappa shape index (κ3) is 3.77. The predicted molar refractivity (Wildman–Crippen MR) is 112 cm³/mol. The summed E-state index contributed by atoms with van der Waals surface area (Å²) in [4.78, 5) is 28.7. The fourth-order valence-electron chi connectivity index (χ4n) is 4.43. The van der Waals surface area contributed by atoms with Gasteiger partial charge in [0.1, 0.15) is 6.04 Å². The van der Waals surface area contributed by atoms with Gasteiger partial charge in [0.05, 0.1) is 5.56 Å². The number of alkyl halides is 3. The number of nitrogens with one attached hydrogen (secondary N) is 1. The average Bonchev–Trinajstić information content (AvgIpc) is 3.44. The zero-order valence-electron chi connectivity index (χ0n) is 17.4. The van der Waals surface area contributed by atoms with Crippen molar-refractivity contribution in [1.82, 2.24) is 10.2 Å². The van der Waals surface area contributed by atoms with E-state index in [9.17, 15) is 28.0 Å². The van der Waals surface area contributed by atoms with Crippen LogP contribution in [0.5, 0.6) is 0 Å². The number of carbonyl (C=O) groups excluding carboxylic acids is 2. The normalized spacial score (nSPS) is 17.8. The van der Waals surface area contributed by atoms with Crippen LogP contribution in [0.3, 0.4) is 0 Å². The molecule has 2 aliphatic rings. The number of anilines is 1. The summed E-state index contributed by atoms with van der Waals surface area (Å²) in [6.07, 6.45) is -0.540. The summed E-state index contributed by atoms with van der Waals surface area (Å²) in [6.45, 7) is 0.914. The van der Waals surface area contributed by atoms with Gasteiger partial charge < -0.3 is 10.2 Å². The number of hydrogen-bond acceptors (Lipinski definition) is 4. The highest BCUT2D eigenvalue weighted by Crippen LogP contribution is 2.39. The van der Waals surface area contributed by atoms with E-state index in [-0.39, 0.29) is 11.8 Å². The maximum atomic E-state index is 13.2. The van der Waals surface area contributed by atoms with Crippen molar-refractivity contribution in [2.75, 3.05) is 25.0 Å². The van der Waals surface area contributed by atoms with Gasteiger partial charge in [-0.15, -0.1) is 0 Å². The van der Waals surface area contributed by atoms with Crippen molar-refractivity contribution in [2.45, 2.75) is 31.5 Å². The number of fused-ring (bicyclic) bond motifs is 1. The van der Waals surface area contributed by atoms with E-state index in [0.717, 1.165) is 24.1 Å². The topological polar surface area (TPSA) is 76.4 Å². The van der Waals surface area contributed by atoms with Gasteiger partial charge in [0.15, 0.2) is 6.19 Å². The van der Waals surface area contributed by atoms with Crippen molar-refractivity contribution >= 4 is 17.5 Å². The van der Waals surface area contributed by atoms with Gasteiger partial charge in [-0.25, -0.2) is 0 Å². The van der Waals surface area contributed by atoms with Gasteiger partial charge in [0.2, 0.25) is 5.91 Å². The number of likely N-dealkylation sites (tertiary alicyclic amines) is 1. The Kier molecular flexibility index (Phi) is 5.55. The third-order valence-electron chi connectivity index (χ3n) is 6.05. The summed E-state index contributed by atoms with van der Waals surface area (Å²) in [6, 6.07) is 7.52. The molecule has 2 aromatic carbocycles. The number of carbonyl (C=O) groups is 2. The number of hydrogen-bond donors (Lipinski definition) is 1. The Labute approximate surface area is 183 Å². The highest BCUT2D eigenvalue weighted by molar-refractivity contribution is 6.03. The number of halogens is 3. The highest BCUT2D eigenvalue weighted by atomic mass is 19.4. The van der Waals surface area contributed by atoms with Gasteiger partial charge in [-0.3, -0.25) is 14.5 Å². The third-order valence-corrected chi connectivity index (χ3v) is 6.05. The molecule has 1 saturated heterocycles. The van der Waals surface area contributed by atoms with Gasteiger partial charge in [0.25, 0.3) is 5.91 Å². The molecule has 0 spiro atoms. The Morgan fingerprint density at radius 2 is 1.88 bits per heavy atom. The Balaban J connectivity index is 1.78. The summed E-state index contributed by atoms with van der Waals surface area (Å²) < 4.78 is 38.9. The molecule has 0 radical (unpaired) electrons. The van der Waals surface area contributed by atoms with Gasteiger partial charge in [0, 0.05) is 31.4 Å². The first-order chi connectivity index (χ1) is 15.2. The molecule has 2 aliphatic heterocycles. The van der Waals surface area contributed by atoms with Gasteiger partial charge in [-0.2, -0.15) is 18.4 Å². The zero-order valence-corrected chi connectivity index (χ0v) is 17.4. The molecule has 2 aromatic rings. The second kappa shape index (κ2) is 8.19. The number of rotatable bonds is 3. The Morgan fingerprint density at radius 1 is 1.16 bits per heavy atom. The second-order valence-corrected chi connectivity index (χ2v) is 7.87. The van der Waals surface area contributed by atoms with Crippen LogP contribution < -0.4 is 10.2 Å². The lowest BCUT2D eigenvalue weighted by Gasteiger charge is -2.25. The monoisotopic (exact) mass is 442 g/mol. The van der Waals surface area contributed by atoms with Crippen LogP contribution >= 0.6 is 0 Å². The van der Waals surface area contributed by atoms with Crippen LogP contribution in [0.2, 0.25) is 0 Å². The summed E-state index contributed by atoms with van der Waals surface area (Å²) >= 11 is 0. The van der Waals surface area contributed by atoms with Crippen molar-refractivity contribution in [2.24, 2.45) is 0 Å². The van der Waals surface area contributed by atoms with Crippen LogP contribution in [0, 0.1) is 11.5 Å². The maximum absolute atomic E-state index is 13.2. The smallest absolute Gasteiger partial charge is 0.355 e. The fraction of sp³-hybridized carbons (Fsp3) is 0.348. The molecule has 32 heavy (non-hydrogen) atoms. The first-order valence-electron chi connectivity index (χ1n) is 10.3. The quantitative estimate of drug-likeness (QED) is 0.738. The molecule has 1 fully saturated rings. The van der Waals surface area contributed by atoms with E-state index >= 15 is 0 Å². The fourth-order valence-corrected chi connectivity index (χ4v) is 4.43. The number of benzene rings is 2. The zero-order chi connectivity index (χ0) is 23.0. The Hall–Kier alpha value is -3.54. The first-order valence-corrected chi connectivity index (χ1v) is 10.3. The van der Waals surface area contributed by atoms with E-state index in [0.29, 0.717) is 48.3 Å². The van der Waals surface area contributed by atoms with Crippen molar-refractivity contribution in [3.63, 3.8) is 0 Å². The van der Waals surface area contributed by atoms with Gasteiger partial charge in [-0.1, -0.05) is 12.1 Å². The molecule has 1 N–H and O–H groups in total. The molecule has 0 unspecified atom stereocenters. The SMILES string of the molecule is CNC(=O)c1cc(-c2ccc(C(F)(F)F)cc2)c2c(c1)N(C(=O)[C@@H]1CCCN1C#N)CC2. The van der Waals surface area contributed by atoms with E-state index < -0.39 is 17.8 Å². The molecular formula is C23H21F3N4O2. The molecule has 0 bridgehead atoms. The highest BCUT2D eigenvalue weighted by Gasteiger charge is 2.37. The molecule has 166 valence electrons. The van der Waals surface area contributed by atoms with Crippen LogP contribution in [0.25, 0.3) is 11.1 Å². The molecule has 0 aromatic heterocycles. The van der Waals surface area contributed by atoms with Crippen molar-refractivity contribution in [3.8, 4) is 17.3 Å². The van der Waals surface area contributed by atoms with Crippen molar-refractivity contribution in [1.29, 1.82) is 5.26 Å². The van der Waals surface area contributed by atoms with Gasteiger partial charge >= 0.3 is 6.18 Å². The minimum Gasteiger partial charge on any atom is -0.355 e. The maximum Gasteiger partial charge on any atom is 0.416 e. The molecule has 0 aliphatic carbocycles. The number of nitriles is 1. The molecule has 1 atom stereocenters. The second-order valence-electron chi connectivity index (χ2n) is 7.87. The summed E-state index contributed by atoms with van der Waals surface area (Å²) in [5.41, 5.74) is 2.07. The van der Waals surface area contributed by atoms with Crippen molar-refractivity contribution in [3.05, 3.63) is 53.1 Å². The molecule has 6 nitrogen and oxygen atoms in total. The summed E-state index contributed by atoms with van der Waals surface area (Å²) in [7, 11) is 1.49. The summed E-state index contributed by atoms with van der Waals surface area (Å²) in [5.74, 6) is -0.560. The van der Waals surface area contributed by atoms with Crippen LogP contribution in [0.1, 0.15) is 34.3 Å². The lowest BCUT2D eigenvalue weighted by molar-refractivity contribution is -0.137. The minimum atomic E-state index is -4.44. The minimum absolute atomic E-state index is 0.199. The Bertz CT molecular complexity index is 1110. The number of nitrogens with zero attached hydrogens (tertiary/aromatic N) is 3. The predicted octanol–water partition coefficient (Wildman–Crippen LogP) is 3.57. The molecule has 0 saturated carbocycles. The number of amides is 2. The van der Waals surface area contributed by atoms with Crippen LogP contribution in [-0.2, 0) is 17.4 Å². The average molecular weight is 442 g/mol. The Morgan fingerprint density at radius 3 is 2.50 bits per heavy atom. The van der Waals surface area contributed by atoms with E-state index in [1.165, 1.54) is 24.1 Å². The van der Waals surface area contributed by atoms with Gasteiger partial charge in [-0.05, 0) is 60.2 Å². The molecule has 4 rings (SSSR count). The van der Waals surface area contributed by atoms with E-state index in [1.807, 2.05) is 0 Å². The van der Waals surface area contributed by atoms with E-state index in [1.54, 1.807) is 17.0 Å². The molecule has 9 heteroatoms. The molecular weight excluding hydrogens is 421 g/mol. The first kappa shape index (κ1) is 21.7. The van der Waals surface area contributed by atoms with Crippen LogP contribution in [0.4, 0.5) is 18.9 Å². The summed E-state index contributed by atoms with van der Waals surface area (Å²) in [5, 5.41) is 11.9. The van der Waals surface area contributed by atoms with Crippen molar-refractivity contribution < 1.29 is 22.8 Å². The lowest BCUT2D eigenvalue weighted by atomic mass is 9.94. The molecule has 2 heterocycles. The largest absolute Gasteiger partial charge is 0.416 e. The molecule has 2 amide bonds. The van der Waals surface area contributed by atoms with E-state index in [4.69, 9.17) is 0 Å².